The van der Waals surface area contributed by atoms with E-state index < -0.39 is 0 Å². The van der Waals surface area contributed by atoms with Crippen molar-refractivity contribution in [2.45, 2.75) is 64.9 Å². The quantitative estimate of drug-likeness (QED) is 0.463. The molecule has 0 aliphatic carbocycles. The molecule has 0 aromatic heterocycles. The maximum atomic E-state index is 11.1. The van der Waals surface area contributed by atoms with Crippen molar-refractivity contribution >= 4 is 6.09 Å². The number of unbranched alkanes of at least 4 members (excludes halogenated alkanes) is 6. The number of allylic oxidation sites excluding steroid dienone is 1. The highest BCUT2D eigenvalue weighted by molar-refractivity contribution is 5.67. The van der Waals surface area contributed by atoms with Gasteiger partial charge in [-0.1, -0.05) is 31.8 Å². The van der Waals surface area contributed by atoms with E-state index in [1.54, 1.807) is 0 Å². The van der Waals surface area contributed by atoms with Gasteiger partial charge in [0.1, 0.15) is 0 Å². The Kier molecular flexibility index (Phi) is 10.8. The highest BCUT2D eigenvalue weighted by Crippen LogP contribution is 2.06. The largest absolute Gasteiger partial charge is 0.447 e. The van der Waals surface area contributed by atoms with Crippen LogP contribution in [0.25, 0.3) is 0 Å². The van der Waals surface area contributed by atoms with Gasteiger partial charge in [0.2, 0.25) is 0 Å². The van der Waals surface area contributed by atoms with Gasteiger partial charge < -0.3 is 10.1 Å². The van der Waals surface area contributed by atoms with Crippen molar-refractivity contribution in [3.63, 3.8) is 0 Å². The van der Waals surface area contributed by atoms with Crippen molar-refractivity contribution in [3.05, 3.63) is 12.7 Å². The van der Waals surface area contributed by atoms with Crippen LogP contribution in [0.1, 0.15) is 58.8 Å². The van der Waals surface area contributed by atoms with E-state index in [0.29, 0.717) is 0 Å². The molecule has 0 rings (SSSR count). The molecule has 0 spiro atoms. The molecule has 0 aliphatic heterocycles. The minimum absolute atomic E-state index is 0.0418. The number of rotatable bonds is 10. The normalized spacial score (nSPS) is 10.3. The summed E-state index contributed by atoms with van der Waals surface area (Å²) in [5.74, 6) is 0. The summed E-state index contributed by atoms with van der Waals surface area (Å²) < 4.78 is 4.96. The van der Waals surface area contributed by atoms with Gasteiger partial charge in [0.05, 0.1) is 6.10 Å². The van der Waals surface area contributed by atoms with Crippen molar-refractivity contribution in [2.24, 2.45) is 0 Å². The minimum atomic E-state index is -0.300. The first-order valence-corrected chi connectivity index (χ1v) is 6.72. The van der Waals surface area contributed by atoms with Crippen LogP contribution in [0.15, 0.2) is 12.7 Å². The Morgan fingerprint density at radius 1 is 1.18 bits per heavy atom. The number of carbonyl (C=O) groups excluding carboxylic acids is 1. The van der Waals surface area contributed by atoms with E-state index in [4.69, 9.17) is 4.74 Å². The number of ether oxygens (including phenoxy) is 1. The zero-order valence-corrected chi connectivity index (χ0v) is 11.3. The van der Waals surface area contributed by atoms with Crippen molar-refractivity contribution in [2.75, 3.05) is 6.54 Å². The third-order valence-electron chi connectivity index (χ3n) is 2.45. The lowest BCUT2D eigenvalue weighted by atomic mass is 10.1. The standard InChI is InChI=1S/C14H27NO2/c1-4-5-6-7-8-9-10-11-12-15-14(16)17-13(2)3/h4,13H,1,5-12H2,2-3H3,(H,15,16). The first-order valence-electron chi connectivity index (χ1n) is 6.72. The topological polar surface area (TPSA) is 38.3 Å². The Hall–Kier alpha value is -0.990. The molecule has 0 saturated carbocycles. The maximum absolute atomic E-state index is 11.1. The highest BCUT2D eigenvalue weighted by Gasteiger charge is 2.02. The first kappa shape index (κ1) is 16.0. The maximum Gasteiger partial charge on any atom is 0.407 e. The molecule has 0 aliphatic rings. The van der Waals surface area contributed by atoms with Crippen LogP contribution in [-0.4, -0.2) is 18.7 Å². The van der Waals surface area contributed by atoms with E-state index in [-0.39, 0.29) is 12.2 Å². The molecule has 1 N–H and O–H groups in total. The summed E-state index contributed by atoms with van der Waals surface area (Å²) in [6, 6.07) is 0. The molecular formula is C14H27NO2. The van der Waals surface area contributed by atoms with Crippen LogP contribution < -0.4 is 5.32 Å². The zero-order chi connectivity index (χ0) is 12.9. The summed E-state index contributed by atoms with van der Waals surface area (Å²) in [4.78, 5) is 11.1. The smallest absolute Gasteiger partial charge is 0.407 e. The zero-order valence-electron chi connectivity index (χ0n) is 11.3. The summed E-state index contributed by atoms with van der Waals surface area (Å²) in [5, 5.41) is 2.75. The van der Waals surface area contributed by atoms with Crippen LogP contribution in [-0.2, 0) is 4.74 Å². The Balaban J connectivity index is 3.13. The van der Waals surface area contributed by atoms with Crippen molar-refractivity contribution < 1.29 is 9.53 Å². The van der Waals surface area contributed by atoms with Crippen molar-refractivity contribution in [3.8, 4) is 0 Å². The highest BCUT2D eigenvalue weighted by atomic mass is 16.6. The lowest BCUT2D eigenvalue weighted by molar-refractivity contribution is 0.115. The summed E-state index contributed by atoms with van der Waals surface area (Å²) >= 11 is 0. The molecule has 0 atom stereocenters. The Morgan fingerprint density at radius 3 is 2.35 bits per heavy atom. The number of alkyl carbamates (subject to hydrolysis) is 1. The van der Waals surface area contributed by atoms with E-state index in [2.05, 4.69) is 11.9 Å². The molecule has 100 valence electrons. The summed E-state index contributed by atoms with van der Waals surface area (Å²) in [7, 11) is 0. The molecular weight excluding hydrogens is 214 g/mol. The molecule has 0 aromatic rings. The minimum Gasteiger partial charge on any atom is -0.447 e. The number of nitrogens with one attached hydrogen (secondary N) is 1. The lowest BCUT2D eigenvalue weighted by Gasteiger charge is -2.09. The van der Waals surface area contributed by atoms with Gasteiger partial charge in [-0.25, -0.2) is 4.79 Å². The van der Waals surface area contributed by atoms with E-state index in [1.165, 1.54) is 32.1 Å². The van der Waals surface area contributed by atoms with E-state index >= 15 is 0 Å². The van der Waals surface area contributed by atoms with Gasteiger partial charge in [-0.15, -0.1) is 6.58 Å². The molecule has 0 saturated heterocycles. The average molecular weight is 241 g/mol. The van der Waals surface area contributed by atoms with E-state index in [1.807, 2.05) is 19.9 Å². The van der Waals surface area contributed by atoms with E-state index in [0.717, 1.165) is 19.4 Å². The average Bonchev–Trinajstić information content (AvgIpc) is 2.26. The summed E-state index contributed by atoms with van der Waals surface area (Å²) in [5.41, 5.74) is 0. The number of amides is 1. The van der Waals surface area contributed by atoms with Gasteiger partial charge in [0.15, 0.2) is 0 Å². The number of hydrogen-bond acceptors (Lipinski definition) is 2. The fourth-order valence-electron chi connectivity index (χ4n) is 1.57. The second-order valence-electron chi connectivity index (χ2n) is 4.58. The van der Waals surface area contributed by atoms with Crippen LogP contribution in [0, 0.1) is 0 Å². The van der Waals surface area contributed by atoms with Crippen LogP contribution in [0.2, 0.25) is 0 Å². The predicted octanol–water partition coefficient (Wildman–Crippen LogP) is 4.04. The third kappa shape index (κ3) is 12.9. The van der Waals surface area contributed by atoms with Crippen LogP contribution >= 0.6 is 0 Å². The monoisotopic (exact) mass is 241 g/mol. The van der Waals surface area contributed by atoms with Crippen LogP contribution in [0.3, 0.4) is 0 Å². The predicted molar refractivity (Wildman–Crippen MR) is 72.1 cm³/mol. The summed E-state index contributed by atoms with van der Waals surface area (Å²) in [6.45, 7) is 8.12. The molecule has 17 heavy (non-hydrogen) atoms. The SMILES string of the molecule is C=CCCCCCCCCNC(=O)OC(C)C. The molecule has 0 heterocycles. The van der Waals surface area contributed by atoms with Crippen LogP contribution in [0.4, 0.5) is 4.79 Å². The first-order chi connectivity index (χ1) is 8.16. The number of hydrogen-bond donors (Lipinski definition) is 1. The second-order valence-corrected chi connectivity index (χ2v) is 4.58. The Labute approximate surface area is 106 Å². The fraction of sp³-hybridized carbons (Fsp3) is 0.786. The lowest BCUT2D eigenvalue weighted by Crippen LogP contribution is -2.27. The van der Waals surface area contributed by atoms with E-state index in [9.17, 15) is 4.79 Å². The molecule has 0 aromatic carbocycles. The van der Waals surface area contributed by atoms with Crippen molar-refractivity contribution in [1.29, 1.82) is 0 Å². The Morgan fingerprint density at radius 2 is 1.76 bits per heavy atom. The third-order valence-corrected chi connectivity index (χ3v) is 2.45. The van der Waals surface area contributed by atoms with Gasteiger partial charge in [0.25, 0.3) is 0 Å². The van der Waals surface area contributed by atoms with Gasteiger partial charge in [-0.3, -0.25) is 0 Å². The molecule has 0 bridgehead atoms. The van der Waals surface area contributed by atoms with Gasteiger partial charge >= 0.3 is 6.09 Å². The van der Waals surface area contributed by atoms with Gasteiger partial charge in [-0.05, 0) is 33.1 Å². The van der Waals surface area contributed by atoms with Crippen LogP contribution in [0.5, 0.6) is 0 Å². The second kappa shape index (κ2) is 11.5. The number of carbonyl (C=O) groups is 1. The van der Waals surface area contributed by atoms with Crippen molar-refractivity contribution in [1.82, 2.24) is 5.32 Å². The van der Waals surface area contributed by atoms with Gasteiger partial charge in [0, 0.05) is 6.54 Å². The molecule has 3 nitrogen and oxygen atoms in total. The van der Waals surface area contributed by atoms with Gasteiger partial charge in [-0.2, -0.15) is 0 Å². The molecule has 1 amide bonds. The molecule has 0 unspecified atom stereocenters. The summed E-state index contributed by atoms with van der Waals surface area (Å²) in [6.07, 6.45) is 10.0. The fourth-order valence-corrected chi connectivity index (χ4v) is 1.57. The molecule has 0 radical (unpaired) electrons. The molecule has 0 fully saturated rings. The Bertz CT molecular complexity index is 202. The molecule has 3 heteroatoms.